The first kappa shape index (κ1) is 16.0. The summed E-state index contributed by atoms with van der Waals surface area (Å²) in [6.07, 6.45) is -0.0545. The molecule has 110 valence electrons. The molecule has 0 spiro atoms. The number of rotatable bonds is 7. The maximum Gasteiger partial charge on any atom is 0.321 e. The van der Waals surface area contributed by atoms with Crippen LogP contribution in [0.2, 0.25) is 0 Å². The third kappa shape index (κ3) is 5.27. The molecule has 1 rings (SSSR count). The van der Waals surface area contributed by atoms with Crippen LogP contribution in [0.5, 0.6) is 0 Å². The largest absolute Gasteiger partial charge is 0.481 e. The maximum absolute atomic E-state index is 12.0. The minimum atomic E-state index is -0.910. The molecule has 20 heavy (non-hydrogen) atoms. The summed E-state index contributed by atoms with van der Waals surface area (Å²) >= 11 is 0. The number of carboxylic acids is 1. The summed E-state index contributed by atoms with van der Waals surface area (Å²) in [7, 11) is 1.86. The third-order valence-electron chi connectivity index (χ3n) is 2.82. The van der Waals surface area contributed by atoms with Crippen LogP contribution in [0.4, 0.5) is 10.5 Å². The topological polar surface area (TPSA) is 81.7 Å². The van der Waals surface area contributed by atoms with Gasteiger partial charge in [-0.1, -0.05) is 12.1 Å². The van der Waals surface area contributed by atoms with E-state index in [0.29, 0.717) is 12.2 Å². The summed E-state index contributed by atoms with van der Waals surface area (Å²) in [5.74, 6) is -0.910. The number of hydrogen-bond acceptors (Lipinski definition) is 3. The van der Waals surface area contributed by atoms with E-state index in [1.807, 2.05) is 38.2 Å². The van der Waals surface area contributed by atoms with Gasteiger partial charge in [0.15, 0.2) is 0 Å². The molecule has 0 radical (unpaired) electrons. The lowest BCUT2D eigenvalue weighted by Crippen LogP contribution is -2.36. The lowest BCUT2D eigenvalue weighted by atomic mass is 10.2. The van der Waals surface area contributed by atoms with Crippen LogP contribution in [0.15, 0.2) is 24.3 Å². The number of carbonyl (C=O) groups excluding carboxylic acids is 1. The molecular weight excluding hydrogens is 258 g/mol. The summed E-state index contributed by atoms with van der Waals surface area (Å²) in [4.78, 5) is 24.1. The average molecular weight is 279 g/mol. The molecule has 0 bridgehead atoms. The van der Waals surface area contributed by atoms with Gasteiger partial charge in [-0.2, -0.15) is 0 Å². The fourth-order valence-corrected chi connectivity index (χ4v) is 1.80. The summed E-state index contributed by atoms with van der Waals surface area (Å²) in [6.45, 7) is 3.21. The Hall–Kier alpha value is -2.08. The number of hydrogen-bond donors (Lipinski definition) is 3. The summed E-state index contributed by atoms with van der Waals surface area (Å²) in [5.41, 5.74) is 1.77. The molecule has 0 saturated carbocycles. The van der Waals surface area contributed by atoms with Crippen molar-refractivity contribution in [2.75, 3.05) is 25.5 Å². The fraction of sp³-hybridized carbons (Fsp3) is 0.429. The first-order valence-corrected chi connectivity index (χ1v) is 6.58. The van der Waals surface area contributed by atoms with Gasteiger partial charge < -0.3 is 20.6 Å². The summed E-state index contributed by atoms with van der Waals surface area (Å²) in [6, 6.07) is 7.25. The van der Waals surface area contributed by atoms with Gasteiger partial charge in [0.05, 0.1) is 6.42 Å². The molecule has 0 fully saturated rings. The Morgan fingerprint density at radius 3 is 2.70 bits per heavy atom. The lowest BCUT2D eigenvalue weighted by molar-refractivity contribution is -0.137. The normalized spacial score (nSPS) is 10.1. The van der Waals surface area contributed by atoms with Gasteiger partial charge in [0.25, 0.3) is 0 Å². The Balaban J connectivity index is 2.63. The smallest absolute Gasteiger partial charge is 0.321 e. The maximum atomic E-state index is 12.0. The molecular formula is C14H21N3O3. The number of urea groups is 1. The Morgan fingerprint density at radius 1 is 1.35 bits per heavy atom. The van der Waals surface area contributed by atoms with Crippen molar-refractivity contribution in [3.05, 3.63) is 29.8 Å². The standard InChI is InChI=1S/C14H21N3O3/c1-3-17(8-7-13(18)19)14(20)16-12-6-4-5-11(9-12)10-15-2/h4-6,9,15H,3,7-8,10H2,1-2H3,(H,16,20)(H,18,19). The minimum absolute atomic E-state index is 0.0545. The molecule has 0 atom stereocenters. The molecule has 0 aliphatic rings. The number of nitrogens with one attached hydrogen (secondary N) is 2. The second-order valence-electron chi connectivity index (χ2n) is 4.38. The van der Waals surface area contributed by atoms with Crippen molar-refractivity contribution in [1.29, 1.82) is 0 Å². The van der Waals surface area contributed by atoms with E-state index in [1.54, 1.807) is 0 Å². The van der Waals surface area contributed by atoms with Crippen molar-refractivity contribution in [2.24, 2.45) is 0 Å². The van der Waals surface area contributed by atoms with Gasteiger partial charge in [-0.05, 0) is 31.7 Å². The van der Waals surface area contributed by atoms with Gasteiger partial charge in [0.2, 0.25) is 0 Å². The number of amides is 2. The third-order valence-corrected chi connectivity index (χ3v) is 2.82. The van der Waals surface area contributed by atoms with Gasteiger partial charge in [0, 0.05) is 25.3 Å². The van der Waals surface area contributed by atoms with E-state index >= 15 is 0 Å². The number of carbonyl (C=O) groups is 2. The van der Waals surface area contributed by atoms with Gasteiger partial charge >= 0.3 is 12.0 Å². The SMILES string of the molecule is CCN(CCC(=O)O)C(=O)Nc1cccc(CNC)c1. The van der Waals surface area contributed by atoms with Crippen molar-refractivity contribution in [1.82, 2.24) is 10.2 Å². The van der Waals surface area contributed by atoms with Crippen molar-refractivity contribution in [3.63, 3.8) is 0 Å². The second kappa shape index (κ2) is 8.16. The molecule has 0 aliphatic heterocycles. The molecule has 6 heteroatoms. The van der Waals surface area contributed by atoms with E-state index in [-0.39, 0.29) is 19.0 Å². The van der Waals surface area contributed by atoms with Crippen LogP contribution in [-0.2, 0) is 11.3 Å². The lowest BCUT2D eigenvalue weighted by Gasteiger charge is -2.20. The summed E-state index contributed by atoms with van der Waals surface area (Å²) in [5, 5.41) is 14.5. The van der Waals surface area contributed by atoms with Crippen LogP contribution in [0.3, 0.4) is 0 Å². The highest BCUT2D eigenvalue weighted by atomic mass is 16.4. The Kier molecular flexibility index (Phi) is 6.52. The number of benzene rings is 1. The highest BCUT2D eigenvalue weighted by molar-refractivity contribution is 5.89. The molecule has 0 aliphatic carbocycles. The number of aliphatic carboxylic acids is 1. The molecule has 0 aromatic heterocycles. The van der Waals surface area contributed by atoms with Gasteiger partial charge in [0.1, 0.15) is 0 Å². The first-order chi connectivity index (χ1) is 9.56. The van der Waals surface area contributed by atoms with Gasteiger partial charge in [-0.15, -0.1) is 0 Å². The number of nitrogens with zero attached hydrogens (tertiary/aromatic N) is 1. The van der Waals surface area contributed by atoms with E-state index in [4.69, 9.17) is 5.11 Å². The molecule has 1 aromatic rings. The van der Waals surface area contributed by atoms with Crippen LogP contribution < -0.4 is 10.6 Å². The Bertz CT molecular complexity index is 463. The Labute approximate surface area is 118 Å². The van der Waals surface area contributed by atoms with Crippen LogP contribution in [0.1, 0.15) is 18.9 Å². The van der Waals surface area contributed by atoms with E-state index in [9.17, 15) is 9.59 Å². The van der Waals surface area contributed by atoms with E-state index in [0.717, 1.165) is 12.1 Å². The first-order valence-electron chi connectivity index (χ1n) is 6.58. The summed E-state index contributed by atoms with van der Waals surface area (Å²) < 4.78 is 0. The second-order valence-corrected chi connectivity index (χ2v) is 4.38. The van der Waals surface area contributed by atoms with Crippen molar-refractivity contribution < 1.29 is 14.7 Å². The van der Waals surface area contributed by atoms with Gasteiger partial charge in [-0.3, -0.25) is 4.79 Å². The van der Waals surface area contributed by atoms with Crippen molar-refractivity contribution >= 4 is 17.7 Å². The van der Waals surface area contributed by atoms with Crippen LogP contribution in [-0.4, -0.2) is 42.1 Å². The van der Waals surface area contributed by atoms with Crippen LogP contribution in [0.25, 0.3) is 0 Å². The predicted octanol–water partition coefficient (Wildman–Crippen LogP) is 1.73. The molecule has 0 heterocycles. The molecule has 2 amide bonds. The molecule has 0 saturated heterocycles. The van der Waals surface area contributed by atoms with E-state index in [2.05, 4.69) is 10.6 Å². The number of carboxylic acid groups (broad SMARTS) is 1. The fourth-order valence-electron chi connectivity index (χ4n) is 1.80. The van der Waals surface area contributed by atoms with Crippen molar-refractivity contribution in [3.8, 4) is 0 Å². The molecule has 1 aromatic carbocycles. The van der Waals surface area contributed by atoms with E-state index < -0.39 is 5.97 Å². The highest BCUT2D eigenvalue weighted by Crippen LogP contribution is 2.11. The average Bonchev–Trinajstić information content (AvgIpc) is 2.40. The van der Waals surface area contributed by atoms with E-state index in [1.165, 1.54) is 4.90 Å². The van der Waals surface area contributed by atoms with Crippen LogP contribution >= 0.6 is 0 Å². The van der Waals surface area contributed by atoms with Gasteiger partial charge in [-0.25, -0.2) is 4.79 Å². The molecule has 3 N–H and O–H groups in total. The number of anilines is 1. The minimum Gasteiger partial charge on any atom is -0.481 e. The zero-order chi connectivity index (χ0) is 15.0. The quantitative estimate of drug-likeness (QED) is 0.710. The molecule has 0 unspecified atom stereocenters. The Morgan fingerprint density at radius 2 is 2.10 bits per heavy atom. The van der Waals surface area contributed by atoms with Crippen molar-refractivity contribution in [2.45, 2.75) is 19.9 Å². The predicted molar refractivity (Wildman–Crippen MR) is 77.7 cm³/mol. The molecule has 6 nitrogen and oxygen atoms in total. The highest BCUT2D eigenvalue weighted by Gasteiger charge is 2.13. The zero-order valence-electron chi connectivity index (χ0n) is 11.8. The monoisotopic (exact) mass is 279 g/mol. The van der Waals surface area contributed by atoms with Crippen LogP contribution in [0, 0.1) is 0 Å². The zero-order valence-corrected chi connectivity index (χ0v) is 11.8.